The van der Waals surface area contributed by atoms with Crippen LogP contribution in [0, 0.1) is 5.92 Å². The number of nitrogens with zero attached hydrogens (tertiary/aromatic N) is 2. The number of rotatable bonds is 4. The molecule has 1 amide bonds. The van der Waals surface area contributed by atoms with E-state index >= 15 is 0 Å². The lowest BCUT2D eigenvalue weighted by Crippen LogP contribution is -2.46. The minimum Gasteiger partial charge on any atom is -0.369 e. The van der Waals surface area contributed by atoms with Gasteiger partial charge in [0.2, 0.25) is 5.91 Å². The van der Waals surface area contributed by atoms with Crippen LogP contribution < -0.4 is 11.1 Å². The van der Waals surface area contributed by atoms with Crippen LogP contribution in [0.5, 0.6) is 0 Å². The first-order valence-corrected chi connectivity index (χ1v) is 9.50. The van der Waals surface area contributed by atoms with E-state index in [9.17, 15) is 22.8 Å². The maximum absolute atomic E-state index is 12.9. The molecular weight excluding hydrogens is 397 g/mol. The smallest absolute Gasteiger partial charge is 0.369 e. The summed E-state index contributed by atoms with van der Waals surface area (Å²) in [6.45, 7) is 1.66. The number of nitrogens with one attached hydrogen (secondary N) is 1. The van der Waals surface area contributed by atoms with E-state index in [1.54, 1.807) is 13.1 Å². The molecule has 156 valence electrons. The number of aromatic nitrogens is 1. The largest absolute Gasteiger partial charge is 0.416 e. The Morgan fingerprint density at radius 2 is 1.90 bits per heavy atom. The number of carbonyl (C=O) groups is 2. The summed E-state index contributed by atoms with van der Waals surface area (Å²) < 4.78 is 38.6. The summed E-state index contributed by atoms with van der Waals surface area (Å²) in [5, 5.41) is 3.15. The molecule has 1 aromatic heterocycles. The molecule has 0 spiro atoms. The third-order valence-corrected chi connectivity index (χ3v) is 5.66. The minimum absolute atomic E-state index is 0.210. The molecule has 0 saturated heterocycles. The highest BCUT2D eigenvalue weighted by Gasteiger charge is 2.37. The van der Waals surface area contributed by atoms with Gasteiger partial charge >= 0.3 is 6.18 Å². The van der Waals surface area contributed by atoms with Gasteiger partial charge in [-0.2, -0.15) is 13.2 Å². The number of hydrogen-bond acceptors (Lipinski definition) is 5. The van der Waals surface area contributed by atoms with E-state index in [-0.39, 0.29) is 17.7 Å². The molecule has 3 atom stereocenters. The van der Waals surface area contributed by atoms with Crippen molar-refractivity contribution in [1.82, 2.24) is 4.98 Å². The van der Waals surface area contributed by atoms with Crippen molar-refractivity contribution in [2.75, 3.05) is 5.32 Å². The molecule has 2 heterocycles. The number of nitrogens with two attached hydrogens (primary N) is 1. The number of benzene rings is 1. The number of primary amides is 1. The van der Waals surface area contributed by atoms with Crippen molar-refractivity contribution in [2.45, 2.75) is 38.0 Å². The monoisotopic (exact) mass is 416 g/mol. The maximum Gasteiger partial charge on any atom is 0.416 e. The van der Waals surface area contributed by atoms with Crippen molar-refractivity contribution in [3.05, 3.63) is 47.2 Å². The molecule has 2 aliphatic rings. The lowest BCUT2D eigenvalue weighted by Gasteiger charge is -2.36. The van der Waals surface area contributed by atoms with Crippen molar-refractivity contribution < 1.29 is 22.8 Å². The molecule has 9 heteroatoms. The quantitative estimate of drug-likeness (QED) is 0.798. The van der Waals surface area contributed by atoms with Crippen molar-refractivity contribution in [1.29, 1.82) is 0 Å². The summed E-state index contributed by atoms with van der Waals surface area (Å²) in [6.07, 6.45) is 0.00829. The molecule has 3 N–H and O–H groups in total. The highest BCUT2D eigenvalue weighted by atomic mass is 19.4. The van der Waals surface area contributed by atoms with E-state index < -0.39 is 23.7 Å². The van der Waals surface area contributed by atoms with Crippen LogP contribution in [0.1, 0.15) is 41.3 Å². The molecule has 1 aliphatic heterocycles. The van der Waals surface area contributed by atoms with Crippen LogP contribution >= 0.6 is 0 Å². The van der Waals surface area contributed by atoms with Crippen molar-refractivity contribution >= 4 is 23.7 Å². The number of alkyl halides is 3. The molecule has 3 unspecified atom stereocenters. The molecule has 2 aromatic rings. The molecule has 1 aliphatic carbocycles. The number of halogens is 3. The second-order valence-corrected chi connectivity index (χ2v) is 7.54. The second-order valence-electron chi connectivity index (χ2n) is 7.54. The Kier molecular flexibility index (Phi) is 4.83. The van der Waals surface area contributed by atoms with E-state index in [4.69, 9.17) is 5.73 Å². The summed E-state index contributed by atoms with van der Waals surface area (Å²) in [4.78, 5) is 33.0. The Morgan fingerprint density at radius 1 is 1.20 bits per heavy atom. The molecule has 0 radical (unpaired) electrons. The fourth-order valence-corrected chi connectivity index (χ4v) is 3.74. The summed E-state index contributed by atoms with van der Waals surface area (Å²) >= 11 is 0. The molecule has 1 aromatic carbocycles. The molecule has 30 heavy (non-hydrogen) atoms. The number of fused-ring (bicyclic) bond motifs is 1. The van der Waals surface area contributed by atoms with E-state index in [0.717, 1.165) is 18.6 Å². The van der Waals surface area contributed by atoms with Gasteiger partial charge in [0, 0.05) is 29.6 Å². The Labute approximate surface area is 170 Å². The van der Waals surface area contributed by atoms with E-state index in [0.29, 0.717) is 34.5 Å². The van der Waals surface area contributed by atoms with Gasteiger partial charge in [-0.3, -0.25) is 14.6 Å². The van der Waals surface area contributed by atoms with Gasteiger partial charge in [0.25, 0.3) is 0 Å². The number of carbonyl (C=O) groups excluding carboxylic acids is 2. The number of ketones is 1. The normalized spacial score (nSPS) is 22.9. The van der Waals surface area contributed by atoms with Gasteiger partial charge in [-0.1, -0.05) is 12.1 Å². The fraction of sp³-hybridized carbons (Fsp3) is 0.333. The zero-order valence-electron chi connectivity index (χ0n) is 16.0. The first-order valence-electron chi connectivity index (χ1n) is 9.50. The van der Waals surface area contributed by atoms with Crippen LogP contribution in [0.3, 0.4) is 0 Å². The van der Waals surface area contributed by atoms with Gasteiger partial charge in [0.1, 0.15) is 11.9 Å². The predicted octanol–water partition coefficient (Wildman–Crippen LogP) is 3.45. The van der Waals surface area contributed by atoms with Crippen molar-refractivity contribution in [2.24, 2.45) is 16.6 Å². The number of Topliss-reactive ketones (excluding diaryl/α,β-unsaturated/α-hetero) is 1. The molecule has 6 nitrogen and oxygen atoms in total. The van der Waals surface area contributed by atoms with E-state index in [1.165, 1.54) is 18.3 Å². The molecule has 1 fully saturated rings. The lowest BCUT2D eigenvalue weighted by atomic mass is 9.79. The standard InChI is InChI=1S/C21H19F3N4O2/c1-10-18(29)17-15(9-26-10)14(11-2-4-12(5-3-11)21(22,23)24)8-27-20(17)28-16-7-6-13(16)19(25)30/h2-5,8-10,13,16H,6-7H2,1H3,(H2,25,30)(H,27,28). The Morgan fingerprint density at radius 3 is 2.47 bits per heavy atom. The number of pyridine rings is 1. The van der Waals surface area contributed by atoms with Gasteiger partial charge in [-0.05, 0) is 37.5 Å². The van der Waals surface area contributed by atoms with Gasteiger partial charge in [0.15, 0.2) is 5.78 Å². The highest BCUT2D eigenvalue weighted by Crippen LogP contribution is 2.36. The summed E-state index contributed by atoms with van der Waals surface area (Å²) in [5.41, 5.74) is 6.46. The summed E-state index contributed by atoms with van der Waals surface area (Å²) in [6, 6.07) is 3.86. The number of hydrogen-bond donors (Lipinski definition) is 2. The average molecular weight is 416 g/mol. The Balaban J connectivity index is 1.75. The average Bonchev–Trinajstić information content (AvgIpc) is 2.66. The zero-order valence-corrected chi connectivity index (χ0v) is 16.0. The van der Waals surface area contributed by atoms with Crippen LogP contribution in [0.25, 0.3) is 11.1 Å². The summed E-state index contributed by atoms with van der Waals surface area (Å²) in [7, 11) is 0. The van der Waals surface area contributed by atoms with Crippen LogP contribution in [0.2, 0.25) is 0 Å². The molecular formula is C21H19F3N4O2. The van der Waals surface area contributed by atoms with Crippen LogP contribution in [-0.2, 0) is 11.0 Å². The van der Waals surface area contributed by atoms with Gasteiger partial charge < -0.3 is 11.1 Å². The third-order valence-electron chi connectivity index (χ3n) is 5.66. The van der Waals surface area contributed by atoms with Crippen molar-refractivity contribution in [3.8, 4) is 11.1 Å². The molecule has 0 bridgehead atoms. The van der Waals surface area contributed by atoms with Crippen LogP contribution in [0.4, 0.5) is 19.0 Å². The predicted molar refractivity (Wildman–Crippen MR) is 105 cm³/mol. The molecule has 4 rings (SSSR count). The van der Waals surface area contributed by atoms with Gasteiger partial charge in [0.05, 0.1) is 17.0 Å². The van der Waals surface area contributed by atoms with E-state index in [2.05, 4.69) is 15.3 Å². The van der Waals surface area contributed by atoms with Crippen LogP contribution in [0.15, 0.2) is 35.5 Å². The van der Waals surface area contributed by atoms with Crippen molar-refractivity contribution in [3.63, 3.8) is 0 Å². The zero-order chi connectivity index (χ0) is 21.6. The minimum atomic E-state index is -4.43. The first kappa shape index (κ1) is 20.1. The Hall–Kier alpha value is -3.23. The van der Waals surface area contributed by atoms with E-state index in [1.807, 2.05) is 0 Å². The van der Waals surface area contributed by atoms with Crippen LogP contribution in [-0.4, -0.2) is 35.0 Å². The second kappa shape index (κ2) is 7.23. The topological polar surface area (TPSA) is 97.4 Å². The number of aliphatic imine (C=N–C) groups is 1. The third kappa shape index (κ3) is 3.44. The lowest BCUT2D eigenvalue weighted by molar-refractivity contribution is -0.137. The first-order chi connectivity index (χ1) is 14.2. The summed E-state index contributed by atoms with van der Waals surface area (Å²) in [5.74, 6) is -0.650. The van der Waals surface area contributed by atoms with Gasteiger partial charge in [-0.15, -0.1) is 0 Å². The number of anilines is 1. The SMILES string of the molecule is CC1N=Cc2c(-c3ccc(C(F)(F)F)cc3)cnc(NC3CCC3C(N)=O)c2C1=O. The number of amides is 1. The maximum atomic E-state index is 12.9. The highest BCUT2D eigenvalue weighted by molar-refractivity contribution is 6.15. The Bertz CT molecular complexity index is 1050. The molecule has 1 saturated carbocycles. The van der Waals surface area contributed by atoms with Gasteiger partial charge in [-0.25, -0.2) is 4.98 Å². The fourth-order valence-electron chi connectivity index (χ4n) is 3.74.